The molecule has 1 aromatic carbocycles. The molecule has 3 heterocycles. The number of pyridine rings is 1. The van der Waals surface area contributed by atoms with Gasteiger partial charge in [-0.05, 0) is 30.7 Å². The number of hydrogen-bond donors (Lipinski definition) is 1. The maximum absolute atomic E-state index is 12.9. The van der Waals surface area contributed by atoms with Gasteiger partial charge >= 0.3 is 6.03 Å². The fourth-order valence-corrected chi connectivity index (χ4v) is 3.12. The van der Waals surface area contributed by atoms with Gasteiger partial charge in [0.1, 0.15) is 5.82 Å². The van der Waals surface area contributed by atoms with E-state index in [1.807, 2.05) is 36.4 Å². The zero-order valence-electron chi connectivity index (χ0n) is 14.7. The summed E-state index contributed by atoms with van der Waals surface area (Å²) in [4.78, 5) is 19.2. The van der Waals surface area contributed by atoms with Crippen molar-refractivity contribution in [3.8, 4) is 17.0 Å². The Labute approximate surface area is 161 Å². The first-order chi connectivity index (χ1) is 13.1. The molecule has 0 atom stereocenters. The number of anilines is 2. The maximum Gasteiger partial charge on any atom is 0.328 e. The number of nitrogens with one attached hydrogen (secondary N) is 1. The molecule has 0 saturated carbocycles. The monoisotopic (exact) mass is 383 g/mol. The van der Waals surface area contributed by atoms with Crippen LogP contribution in [0.15, 0.2) is 48.7 Å². The number of amides is 2. The number of rotatable bonds is 2. The predicted octanol–water partition coefficient (Wildman–Crippen LogP) is 3.96. The topological polar surface area (TPSA) is 72.3 Å². The first kappa shape index (κ1) is 17.4. The number of halogens is 1. The van der Waals surface area contributed by atoms with E-state index in [0.29, 0.717) is 42.0 Å². The van der Waals surface area contributed by atoms with Gasteiger partial charge in [0.15, 0.2) is 11.6 Å². The van der Waals surface area contributed by atoms with Crippen molar-refractivity contribution in [2.75, 3.05) is 23.4 Å². The van der Waals surface area contributed by atoms with Crippen LogP contribution in [0.1, 0.15) is 6.42 Å². The lowest BCUT2D eigenvalue weighted by Crippen LogP contribution is -2.36. The number of aromatic nitrogens is 3. The molecule has 8 heteroatoms. The van der Waals surface area contributed by atoms with E-state index < -0.39 is 0 Å². The summed E-state index contributed by atoms with van der Waals surface area (Å²) in [6, 6.07) is 12.6. The van der Waals surface area contributed by atoms with Gasteiger partial charge in [0.25, 0.3) is 0 Å². The quantitative estimate of drug-likeness (QED) is 0.727. The molecule has 0 aliphatic carbocycles. The molecule has 0 saturated heterocycles. The second kappa shape index (κ2) is 7.28. The van der Waals surface area contributed by atoms with Crippen molar-refractivity contribution >= 4 is 29.3 Å². The minimum Gasteiger partial charge on any atom is -0.490 e. The standard InChI is InChI=1S/C19H18ClN5O2/c1-24-17(8-9-21-24)23-19(26)25-10-3-11-27-16-7-6-15(22-18(16)25)13-4-2-5-14(20)12-13/h2,4-9,12H,3,10-11H2,1H3,(H,23,26). The maximum atomic E-state index is 12.9. The molecule has 1 N–H and O–H groups in total. The van der Waals surface area contributed by atoms with Gasteiger partial charge in [0.2, 0.25) is 0 Å². The Hall–Kier alpha value is -3.06. The number of fused-ring (bicyclic) bond motifs is 1. The molecule has 0 spiro atoms. The Kier molecular flexibility index (Phi) is 4.68. The van der Waals surface area contributed by atoms with E-state index in [1.165, 1.54) is 0 Å². The van der Waals surface area contributed by atoms with Crippen molar-refractivity contribution in [1.29, 1.82) is 0 Å². The van der Waals surface area contributed by atoms with Crippen LogP contribution in [0.25, 0.3) is 11.3 Å². The molecule has 7 nitrogen and oxygen atoms in total. The van der Waals surface area contributed by atoms with E-state index in [1.54, 1.807) is 28.9 Å². The lowest BCUT2D eigenvalue weighted by Gasteiger charge is -2.21. The summed E-state index contributed by atoms with van der Waals surface area (Å²) < 4.78 is 7.37. The van der Waals surface area contributed by atoms with Crippen molar-refractivity contribution in [3.05, 3.63) is 53.7 Å². The number of nitrogens with zero attached hydrogens (tertiary/aromatic N) is 4. The minimum absolute atomic E-state index is 0.277. The number of carbonyl (C=O) groups excluding carboxylic acids is 1. The molecule has 1 aliphatic rings. The Morgan fingerprint density at radius 1 is 1.26 bits per heavy atom. The highest BCUT2D eigenvalue weighted by Crippen LogP contribution is 2.33. The van der Waals surface area contributed by atoms with Crippen molar-refractivity contribution < 1.29 is 9.53 Å². The van der Waals surface area contributed by atoms with E-state index in [9.17, 15) is 4.79 Å². The molecule has 0 bridgehead atoms. The Bertz CT molecular complexity index is 988. The van der Waals surface area contributed by atoms with Crippen LogP contribution in [0.4, 0.5) is 16.4 Å². The largest absolute Gasteiger partial charge is 0.490 e. The predicted molar refractivity (Wildman–Crippen MR) is 104 cm³/mol. The molecule has 138 valence electrons. The number of benzene rings is 1. The van der Waals surface area contributed by atoms with Gasteiger partial charge in [-0.15, -0.1) is 0 Å². The van der Waals surface area contributed by atoms with Gasteiger partial charge in [-0.3, -0.25) is 14.9 Å². The number of carbonyl (C=O) groups is 1. The van der Waals surface area contributed by atoms with Crippen LogP contribution in [0, 0.1) is 0 Å². The lowest BCUT2D eigenvalue weighted by atomic mass is 10.1. The zero-order valence-corrected chi connectivity index (χ0v) is 15.5. The average Bonchev–Trinajstić information content (AvgIpc) is 2.94. The van der Waals surface area contributed by atoms with E-state index in [0.717, 1.165) is 11.3 Å². The summed E-state index contributed by atoms with van der Waals surface area (Å²) in [6.45, 7) is 1.03. The number of aryl methyl sites for hydroxylation is 1. The summed E-state index contributed by atoms with van der Waals surface area (Å²) in [7, 11) is 1.77. The van der Waals surface area contributed by atoms with Crippen LogP contribution >= 0.6 is 11.6 Å². The van der Waals surface area contributed by atoms with Gasteiger partial charge in [0, 0.05) is 30.2 Å². The van der Waals surface area contributed by atoms with E-state index in [4.69, 9.17) is 21.3 Å². The fraction of sp³-hybridized carbons (Fsp3) is 0.211. The van der Waals surface area contributed by atoms with Crippen molar-refractivity contribution in [2.45, 2.75) is 6.42 Å². The Morgan fingerprint density at radius 2 is 2.15 bits per heavy atom. The molecule has 1 aliphatic heterocycles. The third kappa shape index (κ3) is 3.59. The molecule has 0 radical (unpaired) electrons. The van der Waals surface area contributed by atoms with E-state index >= 15 is 0 Å². The molecular formula is C19H18ClN5O2. The average molecular weight is 384 g/mol. The Morgan fingerprint density at radius 3 is 2.93 bits per heavy atom. The lowest BCUT2D eigenvalue weighted by molar-refractivity contribution is 0.256. The number of hydrogen-bond acceptors (Lipinski definition) is 4. The van der Waals surface area contributed by atoms with Crippen LogP contribution in [-0.2, 0) is 7.05 Å². The molecule has 0 fully saturated rings. The first-order valence-corrected chi connectivity index (χ1v) is 8.96. The molecule has 4 rings (SSSR count). The second-order valence-corrected chi connectivity index (χ2v) is 6.59. The molecule has 27 heavy (non-hydrogen) atoms. The summed E-state index contributed by atoms with van der Waals surface area (Å²) in [5.41, 5.74) is 1.60. The zero-order chi connectivity index (χ0) is 18.8. The fourth-order valence-electron chi connectivity index (χ4n) is 2.93. The minimum atomic E-state index is -0.277. The highest BCUT2D eigenvalue weighted by molar-refractivity contribution is 6.30. The second-order valence-electron chi connectivity index (χ2n) is 6.15. The van der Waals surface area contributed by atoms with Gasteiger partial charge < -0.3 is 4.74 Å². The van der Waals surface area contributed by atoms with Gasteiger partial charge in [-0.2, -0.15) is 5.10 Å². The summed E-state index contributed by atoms with van der Waals surface area (Å²) >= 11 is 6.10. The van der Waals surface area contributed by atoms with Crippen LogP contribution in [0.5, 0.6) is 5.75 Å². The van der Waals surface area contributed by atoms with Crippen LogP contribution in [0.3, 0.4) is 0 Å². The number of ether oxygens (including phenoxy) is 1. The van der Waals surface area contributed by atoms with Gasteiger partial charge in [-0.1, -0.05) is 23.7 Å². The number of urea groups is 1. The SMILES string of the molecule is Cn1nccc1NC(=O)N1CCCOc2ccc(-c3cccc(Cl)c3)nc21. The van der Waals surface area contributed by atoms with Crippen molar-refractivity contribution in [1.82, 2.24) is 14.8 Å². The molecule has 2 aromatic heterocycles. The molecule has 2 amide bonds. The molecule has 3 aromatic rings. The molecule has 0 unspecified atom stereocenters. The van der Waals surface area contributed by atoms with Crippen molar-refractivity contribution in [2.24, 2.45) is 7.05 Å². The van der Waals surface area contributed by atoms with Crippen molar-refractivity contribution in [3.63, 3.8) is 0 Å². The van der Waals surface area contributed by atoms with Crippen LogP contribution in [-0.4, -0.2) is 33.9 Å². The third-order valence-corrected chi connectivity index (χ3v) is 4.54. The first-order valence-electron chi connectivity index (χ1n) is 8.58. The third-order valence-electron chi connectivity index (χ3n) is 4.30. The van der Waals surface area contributed by atoms with Gasteiger partial charge in [-0.25, -0.2) is 9.78 Å². The molecular weight excluding hydrogens is 366 g/mol. The Balaban J connectivity index is 1.70. The highest BCUT2D eigenvalue weighted by Gasteiger charge is 2.25. The summed E-state index contributed by atoms with van der Waals surface area (Å²) in [6.07, 6.45) is 2.34. The van der Waals surface area contributed by atoms with Crippen LogP contribution in [0.2, 0.25) is 5.02 Å². The van der Waals surface area contributed by atoms with Gasteiger partial charge in [0.05, 0.1) is 18.5 Å². The van der Waals surface area contributed by atoms with Crippen LogP contribution < -0.4 is 15.0 Å². The normalized spacial score (nSPS) is 13.5. The highest BCUT2D eigenvalue weighted by atomic mass is 35.5. The summed E-state index contributed by atoms with van der Waals surface area (Å²) in [5, 5.41) is 7.57. The van der Waals surface area contributed by atoms with E-state index in [-0.39, 0.29) is 6.03 Å². The summed E-state index contributed by atoms with van der Waals surface area (Å²) in [5.74, 6) is 1.68. The smallest absolute Gasteiger partial charge is 0.328 e. The van der Waals surface area contributed by atoms with E-state index in [2.05, 4.69) is 10.4 Å².